The Morgan fingerprint density at radius 3 is 2.83 bits per heavy atom. The number of rotatable bonds is 5. The van der Waals surface area contributed by atoms with Gasteiger partial charge in [0.15, 0.2) is 0 Å². The molecule has 23 heavy (non-hydrogen) atoms. The Hall–Kier alpha value is -1.11. The van der Waals surface area contributed by atoms with Crippen LogP contribution in [-0.2, 0) is 16.1 Å². The number of amides is 1. The molecule has 3 rings (SSSR count). The third-order valence-electron chi connectivity index (χ3n) is 4.87. The van der Waals surface area contributed by atoms with Gasteiger partial charge in [-0.2, -0.15) is 0 Å². The molecule has 0 bridgehead atoms. The van der Waals surface area contributed by atoms with Crippen molar-refractivity contribution in [3.63, 3.8) is 0 Å². The molecule has 3 unspecified atom stereocenters. The number of nitrogens with zero attached hydrogens (tertiary/aromatic N) is 1. The molecule has 2 aliphatic rings. The fraction of sp³-hybridized carbons (Fsp3) is 0.625. The van der Waals surface area contributed by atoms with Crippen molar-refractivity contribution in [1.29, 1.82) is 0 Å². The zero-order valence-corrected chi connectivity index (χ0v) is 14.6. The quantitative estimate of drug-likeness (QED) is 0.848. The number of carbonyl (C=O) groups excluding carboxylic acids is 1. The van der Waals surface area contributed by atoms with Gasteiger partial charge in [0.25, 0.3) is 0 Å². The number of hydrogen-bond acceptors (Lipinski definition) is 4. The van der Waals surface area contributed by atoms with E-state index in [4.69, 9.17) is 0 Å². The Morgan fingerprint density at radius 1 is 1.35 bits per heavy atom. The summed E-state index contributed by atoms with van der Waals surface area (Å²) < 4.78 is 0. The van der Waals surface area contributed by atoms with Crippen LogP contribution >= 0.6 is 23.7 Å². The molecule has 3 atom stereocenters. The van der Waals surface area contributed by atoms with Crippen molar-refractivity contribution >= 4 is 35.6 Å². The topological polar surface area (TPSA) is 69.6 Å². The van der Waals surface area contributed by atoms with E-state index in [0.717, 1.165) is 24.1 Å². The molecule has 0 spiro atoms. The van der Waals surface area contributed by atoms with Crippen LogP contribution in [0.5, 0.6) is 0 Å². The van der Waals surface area contributed by atoms with Gasteiger partial charge in [0, 0.05) is 10.9 Å². The lowest BCUT2D eigenvalue weighted by Crippen LogP contribution is -2.47. The van der Waals surface area contributed by atoms with Crippen molar-refractivity contribution in [1.82, 2.24) is 10.2 Å². The monoisotopic (exact) mass is 358 g/mol. The van der Waals surface area contributed by atoms with Crippen LogP contribution in [0.4, 0.5) is 0 Å². The van der Waals surface area contributed by atoms with Crippen molar-refractivity contribution in [2.45, 2.75) is 50.7 Å². The van der Waals surface area contributed by atoms with Crippen LogP contribution < -0.4 is 5.32 Å². The number of hydrogen-bond donors (Lipinski definition) is 2. The molecular weight excluding hydrogens is 336 g/mol. The summed E-state index contributed by atoms with van der Waals surface area (Å²) in [6, 6.07) is 3.71. The third kappa shape index (κ3) is 4.25. The average Bonchev–Trinajstić information content (AvgIpc) is 3.13. The lowest BCUT2D eigenvalue weighted by molar-refractivity contribution is -0.143. The van der Waals surface area contributed by atoms with Crippen LogP contribution in [0.3, 0.4) is 0 Å². The molecule has 2 N–H and O–H groups in total. The molecule has 1 aromatic heterocycles. The second kappa shape index (κ2) is 8.13. The van der Waals surface area contributed by atoms with Crippen molar-refractivity contribution in [3.8, 4) is 0 Å². The first kappa shape index (κ1) is 18.2. The minimum atomic E-state index is -0.791. The minimum Gasteiger partial charge on any atom is -0.480 e. The van der Waals surface area contributed by atoms with Gasteiger partial charge in [0.2, 0.25) is 5.91 Å². The molecule has 1 aliphatic heterocycles. The number of thiophene rings is 1. The highest BCUT2D eigenvalue weighted by molar-refractivity contribution is 7.09. The first-order chi connectivity index (χ1) is 10.6. The predicted molar refractivity (Wildman–Crippen MR) is 91.9 cm³/mol. The van der Waals surface area contributed by atoms with E-state index in [1.807, 2.05) is 22.4 Å². The van der Waals surface area contributed by atoms with Crippen LogP contribution in [0.25, 0.3) is 0 Å². The van der Waals surface area contributed by atoms with Crippen LogP contribution in [0.2, 0.25) is 0 Å². The standard InChI is InChI=1S/C16H22N2O3S.ClH/c19-15(17-9-12-5-3-7-22-12)10-18-13-6-2-1-4-11(13)8-14(18)16(20)21;/h3,5,7,11,13-14H,1-2,4,6,8-10H2,(H,17,19)(H,20,21);1H. The van der Waals surface area contributed by atoms with Gasteiger partial charge in [0.1, 0.15) is 6.04 Å². The lowest BCUT2D eigenvalue weighted by Gasteiger charge is -2.32. The van der Waals surface area contributed by atoms with E-state index in [1.54, 1.807) is 11.3 Å². The first-order valence-corrected chi connectivity index (χ1v) is 8.80. The largest absolute Gasteiger partial charge is 0.480 e. The smallest absolute Gasteiger partial charge is 0.320 e. The van der Waals surface area contributed by atoms with Gasteiger partial charge in [-0.25, -0.2) is 0 Å². The molecular formula is C16H23ClN2O3S. The fourth-order valence-corrected chi connectivity index (χ4v) is 4.49. The van der Waals surface area contributed by atoms with Gasteiger partial charge in [-0.05, 0) is 36.6 Å². The SMILES string of the molecule is Cl.O=C(CN1C(C(=O)O)CC2CCCCC21)NCc1cccs1. The molecule has 2 heterocycles. The van der Waals surface area contributed by atoms with E-state index in [1.165, 1.54) is 6.42 Å². The second-order valence-corrected chi connectivity index (χ2v) is 7.26. The summed E-state index contributed by atoms with van der Waals surface area (Å²) in [6.45, 7) is 0.722. The fourth-order valence-electron chi connectivity index (χ4n) is 3.84. The van der Waals surface area contributed by atoms with Gasteiger partial charge < -0.3 is 10.4 Å². The second-order valence-electron chi connectivity index (χ2n) is 6.23. The molecule has 128 valence electrons. The van der Waals surface area contributed by atoms with Crippen molar-refractivity contribution in [2.24, 2.45) is 5.92 Å². The van der Waals surface area contributed by atoms with Gasteiger partial charge in [0.05, 0.1) is 13.1 Å². The molecule has 5 nitrogen and oxygen atoms in total. The number of aliphatic carboxylic acids is 1. The minimum absolute atomic E-state index is 0. The summed E-state index contributed by atoms with van der Waals surface area (Å²) in [4.78, 5) is 26.7. The highest BCUT2D eigenvalue weighted by Crippen LogP contribution is 2.39. The number of carbonyl (C=O) groups is 2. The van der Waals surface area contributed by atoms with Crippen LogP contribution in [0, 0.1) is 5.92 Å². The Balaban J connectivity index is 0.00000192. The van der Waals surface area contributed by atoms with Gasteiger partial charge in [-0.1, -0.05) is 18.9 Å². The maximum atomic E-state index is 12.2. The highest BCUT2D eigenvalue weighted by Gasteiger charge is 2.45. The molecule has 2 fully saturated rings. The lowest BCUT2D eigenvalue weighted by atomic mass is 9.85. The summed E-state index contributed by atoms with van der Waals surface area (Å²) in [6.07, 6.45) is 5.14. The summed E-state index contributed by atoms with van der Waals surface area (Å²) in [5, 5.41) is 14.3. The number of carboxylic acid groups (broad SMARTS) is 1. The summed E-state index contributed by atoms with van der Waals surface area (Å²) in [5.41, 5.74) is 0. The van der Waals surface area contributed by atoms with Gasteiger partial charge in [-0.15, -0.1) is 23.7 Å². The number of fused-ring (bicyclic) bond motifs is 1. The van der Waals surface area contributed by atoms with E-state index in [-0.39, 0.29) is 30.9 Å². The van der Waals surface area contributed by atoms with Crippen LogP contribution in [-0.4, -0.2) is 40.5 Å². The zero-order chi connectivity index (χ0) is 15.5. The molecule has 7 heteroatoms. The Labute approximate surface area is 146 Å². The Bertz CT molecular complexity index is 537. The Kier molecular flexibility index (Phi) is 6.44. The number of nitrogens with one attached hydrogen (secondary N) is 1. The number of carboxylic acids is 1. The van der Waals surface area contributed by atoms with E-state index in [2.05, 4.69) is 5.32 Å². The summed E-state index contributed by atoms with van der Waals surface area (Å²) in [7, 11) is 0. The summed E-state index contributed by atoms with van der Waals surface area (Å²) in [5.74, 6) is -0.425. The molecule has 1 amide bonds. The first-order valence-electron chi connectivity index (χ1n) is 7.93. The molecule has 1 aliphatic carbocycles. The molecule has 0 aromatic carbocycles. The third-order valence-corrected chi connectivity index (χ3v) is 5.75. The van der Waals surface area contributed by atoms with Crippen molar-refractivity contribution in [3.05, 3.63) is 22.4 Å². The van der Waals surface area contributed by atoms with Crippen LogP contribution in [0.15, 0.2) is 17.5 Å². The molecule has 1 aromatic rings. The number of likely N-dealkylation sites (tertiary alicyclic amines) is 1. The maximum absolute atomic E-state index is 12.2. The zero-order valence-electron chi connectivity index (χ0n) is 12.9. The average molecular weight is 359 g/mol. The van der Waals surface area contributed by atoms with Gasteiger partial charge >= 0.3 is 5.97 Å². The van der Waals surface area contributed by atoms with Gasteiger partial charge in [-0.3, -0.25) is 14.5 Å². The van der Waals surface area contributed by atoms with E-state index >= 15 is 0 Å². The summed E-state index contributed by atoms with van der Waals surface area (Å²) >= 11 is 1.61. The molecule has 1 saturated carbocycles. The van der Waals surface area contributed by atoms with E-state index in [0.29, 0.717) is 18.9 Å². The maximum Gasteiger partial charge on any atom is 0.320 e. The van der Waals surface area contributed by atoms with E-state index < -0.39 is 12.0 Å². The van der Waals surface area contributed by atoms with Crippen LogP contribution in [0.1, 0.15) is 37.0 Å². The van der Waals surface area contributed by atoms with E-state index in [9.17, 15) is 14.7 Å². The molecule has 1 saturated heterocycles. The van der Waals surface area contributed by atoms with Crippen molar-refractivity contribution < 1.29 is 14.7 Å². The normalized spacial score (nSPS) is 27.0. The van der Waals surface area contributed by atoms with Crippen molar-refractivity contribution in [2.75, 3.05) is 6.54 Å². The predicted octanol–water partition coefficient (Wildman–Crippen LogP) is 2.50. The highest BCUT2D eigenvalue weighted by atomic mass is 35.5. The Morgan fingerprint density at radius 2 is 2.13 bits per heavy atom. The number of halogens is 1. The molecule has 0 radical (unpaired) electrons.